The number of esters is 1. The average molecular weight is 389 g/mol. The molecule has 0 saturated carbocycles. The molecule has 0 atom stereocenters. The number of hydrogen-bond acceptors (Lipinski definition) is 3. The molecule has 0 aliphatic heterocycles. The van der Waals surface area contributed by atoms with E-state index in [0.29, 0.717) is 25.4 Å². The molecule has 0 aromatic heterocycles. The van der Waals surface area contributed by atoms with E-state index in [0.717, 1.165) is 16.7 Å². The van der Waals surface area contributed by atoms with Crippen LogP contribution in [0.15, 0.2) is 84.9 Å². The van der Waals surface area contributed by atoms with Crippen LogP contribution in [0.25, 0.3) is 6.08 Å². The van der Waals surface area contributed by atoms with Crippen molar-refractivity contribution >= 4 is 17.7 Å². The lowest BCUT2D eigenvalue weighted by Crippen LogP contribution is -2.23. The van der Waals surface area contributed by atoms with Gasteiger partial charge >= 0.3 is 5.97 Å². The van der Waals surface area contributed by atoms with Crippen LogP contribution in [0.2, 0.25) is 0 Å². The lowest BCUT2D eigenvalue weighted by atomic mass is 10.1. The zero-order chi connectivity index (χ0) is 20.5. The molecule has 0 radical (unpaired) electrons. The predicted octanol–water partition coefficient (Wildman–Crippen LogP) is 5.61. The maximum Gasteiger partial charge on any atom is 0.330 e. The lowest BCUT2D eigenvalue weighted by Gasteiger charge is -2.26. The third-order valence-electron chi connectivity index (χ3n) is 4.44. The van der Waals surface area contributed by atoms with Gasteiger partial charge in [-0.05, 0) is 41.8 Å². The highest BCUT2D eigenvalue weighted by Gasteiger charge is 2.14. The highest BCUT2D eigenvalue weighted by molar-refractivity contribution is 5.87. The van der Waals surface area contributed by atoms with Crippen molar-refractivity contribution in [3.63, 3.8) is 0 Å². The minimum atomic E-state index is -0.413. The number of anilines is 1. The molecule has 0 spiro atoms. The average Bonchev–Trinajstić information content (AvgIpc) is 2.74. The summed E-state index contributed by atoms with van der Waals surface area (Å²) in [5, 5.41) is 0. The van der Waals surface area contributed by atoms with Crippen LogP contribution in [-0.2, 0) is 22.6 Å². The molecular weight excluding hydrogens is 365 g/mol. The fourth-order valence-corrected chi connectivity index (χ4v) is 3.06. The van der Waals surface area contributed by atoms with Crippen LogP contribution in [0.1, 0.15) is 23.6 Å². The number of halogens is 1. The van der Waals surface area contributed by atoms with Crippen LogP contribution in [0.5, 0.6) is 0 Å². The summed E-state index contributed by atoms with van der Waals surface area (Å²) in [4.78, 5) is 13.6. The molecule has 148 valence electrons. The molecule has 3 aromatic rings. The Bertz CT molecular complexity index is 914. The van der Waals surface area contributed by atoms with Crippen LogP contribution in [0.4, 0.5) is 10.1 Å². The fourth-order valence-electron chi connectivity index (χ4n) is 3.06. The second-order valence-electron chi connectivity index (χ2n) is 6.62. The third-order valence-corrected chi connectivity index (χ3v) is 4.44. The van der Waals surface area contributed by atoms with Gasteiger partial charge in [0.2, 0.25) is 0 Å². The Morgan fingerprint density at radius 1 is 0.931 bits per heavy atom. The summed E-state index contributed by atoms with van der Waals surface area (Å²) in [5.74, 6) is -0.714. The van der Waals surface area contributed by atoms with Crippen LogP contribution < -0.4 is 4.90 Å². The molecule has 4 heteroatoms. The molecule has 0 N–H and O–H groups in total. The molecule has 29 heavy (non-hydrogen) atoms. The Morgan fingerprint density at radius 3 is 2.07 bits per heavy atom. The molecule has 0 heterocycles. The normalized spacial score (nSPS) is 10.8. The van der Waals surface area contributed by atoms with Gasteiger partial charge in [0, 0.05) is 19.2 Å². The Balaban J connectivity index is 1.91. The molecule has 0 amide bonds. The lowest BCUT2D eigenvalue weighted by molar-refractivity contribution is -0.137. The molecule has 0 aliphatic rings. The van der Waals surface area contributed by atoms with Crippen molar-refractivity contribution in [3.05, 3.63) is 107 Å². The number of rotatable bonds is 8. The summed E-state index contributed by atoms with van der Waals surface area (Å²) in [5.41, 5.74) is 3.41. The summed E-state index contributed by atoms with van der Waals surface area (Å²) in [7, 11) is 0. The first-order valence-corrected chi connectivity index (χ1v) is 9.63. The smallest absolute Gasteiger partial charge is 0.330 e. The van der Waals surface area contributed by atoms with E-state index in [2.05, 4.69) is 0 Å². The molecular formula is C25H24FNO2. The van der Waals surface area contributed by atoms with Crippen molar-refractivity contribution in [3.8, 4) is 0 Å². The Kier molecular flexibility index (Phi) is 7.17. The van der Waals surface area contributed by atoms with Crippen molar-refractivity contribution in [2.75, 3.05) is 11.5 Å². The van der Waals surface area contributed by atoms with Gasteiger partial charge in [-0.25, -0.2) is 9.18 Å². The fraction of sp³-hybridized carbons (Fsp3) is 0.160. The molecule has 0 fully saturated rings. The maximum atomic E-state index is 14.8. The topological polar surface area (TPSA) is 29.5 Å². The highest BCUT2D eigenvalue weighted by atomic mass is 19.1. The van der Waals surface area contributed by atoms with Gasteiger partial charge < -0.3 is 9.64 Å². The maximum absolute atomic E-state index is 14.8. The van der Waals surface area contributed by atoms with E-state index in [4.69, 9.17) is 4.74 Å². The van der Waals surface area contributed by atoms with E-state index in [1.54, 1.807) is 25.1 Å². The summed E-state index contributed by atoms with van der Waals surface area (Å²) in [6.07, 6.45) is 3.00. The van der Waals surface area contributed by atoms with Gasteiger partial charge in [-0.15, -0.1) is 0 Å². The molecule has 0 bridgehead atoms. The van der Waals surface area contributed by atoms with E-state index in [1.807, 2.05) is 65.6 Å². The van der Waals surface area contributed by atoms with Crippen LogP contribution >= 0.6 is 0 Å². The summed E-state index contributed by atoms with van der Waals surface area (Å²) in [6.45, 7) is 3.21. The first-order valence-electron chi connectivity index (χ1n) is 9.63. The number of hydrogen-bond donors (Lipinski definition) is 0. The number of nitrogens with zero attached hydrogens (tertiary/aromatic N) is 1. The zero-order valence-electron chi connectivity index (χ0n) is 16.4. The summed E-state index contributed by atoms with van der Waals surface area (Å²) < 4.78 is 19.7. The molecule has 3 rings (SSSR count). The van der Waals surface area contributed by atoms with Gasteiger partial charge in [0.05, 0.1) is 12.3 Å². The van der Waals surface area contributed by atoms with Crippen molar-refractivity contribution in [2.24, 2.45) is 0 Å². The first-order chi connectivity index (χ1) is 14.2. The number of ether oxygens (including phenoxy) is 1. The van der Waals surface area contributed by atoms with Gasteiger partial charge in [-0.1, -0.05) is 66.7 Å². The molecule has 3 nitrogen and oxygen atoms in total. The van der Waals surface area contributed by atoms with Crippen molar-refractivity contribution in [1.82, 2.24) is 0 Å². The van der Waals surface area contributed by atoms with Crippen LogP contribution in [-0.4, -0.2) is 12.6 Å². The Labute approximate surface area is 171 Å². The second kappa shape index (κ2) is 10.2. The number of carbonyl (C=O) groups is 1. The van der Waals surface area contributed by atoms with Crippen molar-refractivity contribution in [1.29, 1.82) is 0 Å². The predicted molar refractivity (Wildman–Crippen MR) is 115 cm³/mol. The van der Waals surface area contributed by atoms with Crippen molar-refractivity contribution < 1.29 is 13.9 Å². The SMILES string of the molecule is CCOC(=O)C=Cc1ccc(F)c(N(Cc2ccccc2)Cc2ccccc2)c1. The van der Waals surface area contributed by atoms with Gasteiger partial charge in [-0.2, -0.15) is 0 Å². The second-order valence-corrected chi connectivity index (χ2v) is 6.62. The molecule has 3 aromatic carbocycles. The van der Waals surface area contributed by atoms with E-state index in [9.17, 15) is 9.18 Å². The Morgan fingerprint density at radius 2 is 1.52 bits per heavy atom. The van der Waals surface area contributed by atoms with E-state index >= 15 is 0 Å². The number of benzene rings is 3. The van der Waals surface area contributed by atoms with Gasteiger partial charge in [-0.3, -0.25) is 0 Å². The first kappa shape index (κ1) is 20.3. The van der Waals surface area contributed by atoms with E-state index in [1.165, 1.54) is 12.1 Å². The largest absolute Gasteiger partial charge is 0.463 e. The Hall–Kier alpha value is -3.40. The van der Waals surface area contributed by atoms with Gasteiger partial charge in [0.1, 0.15) is 5.82 Å². The summed E-state index contributed by atoms with van der Waals surface area (Å²) in [6, 6.07) is 24.8. The molecule has 0 unspecified atom stereocenters. The van der Waals surface area contributed by atoms with Gasteiger partial charge in [0.25, 0.3) is 0 Å². The van der Waals surface area contributed by atoms with E-state index < -0.39 is 5.97 Å². The molecule has 0 aliphatic carbocycles. The highest BCUT2D eigenvalue weighted by Crippen LogP contribution is 2.25. The quantitative estimate of drug-likeness (QED) is 0.370. The van der Waals surface area contributed by atoms with Crippen molar-refractivity contribution in [2.45, 2.75) is 20.0 Å². The monoisotopic (exact) mass is 389 g/mol. The number of carbonyl (C=O) groups excluding carboxylic acids is 1. The van der Waals surface area contributed by atoms with Gasteiger partial charge in [0.15, 0.2) is 0 Å². The summed E-state index contributed by atoms with van der Waals surface area (Å²) >= 11 is 0. The zero-order valence-corrected chi connectivity index (χ0v) is 16.4. The van der Waals surface area contributed by atoms with Crippen LogP contribution in [0.3, 0.4) is 0 Å². The third kappa shape index (κ3) is 6.04. The minimum Gasteiger partial charge on any atom is -0.463 e. The minimum absolute atomic E-state index is 0.301. The van der Waals surface area contributed by atoms with E-state index in [-0.39, 0.29) is 5.82 Å². The molecule has 0 saturated heterocycles. The standard InChI is InChI=1S/C25H24FNO2/c1-2-29-25(28)16-14-20-13-15-23(26)24(17-20)27(18-21-9-5-3-6-10-21)19-22-11-7-4-8-12-22/h3-17H,2,18-19H2,1H3. The van der Waals surface area contributed by atoms with Crippen LogP contribution in [0, 0.1) is 5.82 Å².